The Hall–Kier alpha value is -0.120. The minimum atomic E-state index is -3.43. The van der Waals surface area contributed by atoms with Gasteiger partial charge in [-0.15, -0.1) is 0 Å². The van der Waals surface area contributed by atoms with E-state index in [9.17, 15) is 8.42 Å². The molecule has 1 N–H and O–H groups in total. The van der Waals surface area contributed by atoms with E-state index in [2.05, 4.69) is 20.7 Å². The van der Waals surface area contributed by atoms with E-state index in [4.69, 9.17) is 5.26 Å². The summed E-state index contributed by atoms with van der Waals surface area (Å²) in [5, 5.41) is 8.36. The van der Waals surface area contributed by atoms with Gasteiger partial charge in [0.15, 0.2) is 5.25 Å². The van der Waals surface area contributed by atoms with Gasteiger partial charge in [-0.05, 0) is 12.8 Å². The van der Waals surface area contributed by atoms with Crippen LogP contribution >= 0.6 is 15.9 Å². The smallest absolute Gasteiger partial charge is 0.214 e. The van der Waals surface area contributed by atoms with Crippen LogP contribution in [0, 0.1) is 11.3 Å². The van der Waals surface area contributed by atoms with E-state index in [0.717, 1.165) is 11.8 Å². The summed E-state index contributed by atoms with van der Waals surface area (Å²) in [6.07, 6.45) is 1.04. The first-order valence-electron chi connectivity index (χ1n) is 4.02. The molecule has 0 saturated carbocycles. The standard InChI is InChI=1S/C7H13BrN2O2S/c1-2-7(6-9)13(11,12)10-5-3-4-8/h7,10H,2-5H2,1H3. The zero-order chi connectivity index (χ0) is 10.3. The van der Waals surface area contributed by atoms with Crippen molar-refractivity contribution in [3.8, 4) is 6.07 Å². The molecule has 0 saturated heterocycles. The summed E-state index contributed by atoms with van der Waals surface area (Å²) in [5.41, 5.74) is 0. The van der Waals surface area contributed by atoms with Crippen LogP contribution in [-0.2, 0) is 10.0 Å². The molecule has 1 atom stereocenters. The molecule has 0 spiro atoms. The van der Waals surface area contributed by atoms with E-state index in [1.807, 2.05) is 0 Å². The second-order valence-corrected chi connectivity index (χ2v) is 5.25. The van der Waals surface area contributed by atoms with Crippen molar-refractivity contribution in [2.75, 3.05) is 11.9 Å². The van der Waals surface area contributed by atoms with Crippen molar-refractivity contribution in [3.05, 3.63) is 0 Å². The summed E-state index contributed by atoms with van der Waals surface area (Å²) < 4.78 is 25.0. The lowest BCUT2D eigenvalue weighted by atomic mass is 10.4. The van der Waals surface area contributed by atoms with Gasteiger partial charge >= 0.3 is 0 Å². The topological polar surface area (TPSA) is 70.0 Å². The zero-order valence-electron chi connectivity index (χ0n) is 7.46. The number of hydrogen-bond acceptors (Lipinski definition) is 3. The highest BCUT2D eigenvalue weighted by Crippen LogP contribution is 2.02. The zero-order valence-corrected chi connectivity index (χ0v) is 9.86. The van der Waals surface area contributed by atoms with Crippen LogP contribution in [-0.4, -0.2) is 25.5 Å². The van der Waals surface area contributed by atoms with E-state index in [-0.39, 0.29) is 0 Å². The number of nitrogens with one attached hydrogen (secondary N) is 1. The molecule has 0 heterocycles. The van der Waals surface area contributed by atoms with Gasteiger partial charge in [-0.2, -0.15) is 5.26 Å². The molecule has 0 aromatic rings. The summed E-state index contributed by atoms with van der Waals surface area (Å²) in [6, 6.07) is 1.76. The average Bonchev–Trinajstić information content (AvgIpc) is 2.06. The van der Waals surface area contributed by atoms with Gasteiger partial charge in [0.2, 0.25) is 10.0 Å². The van der Waals surface area contributed by atoms with Gasteiger partial charge in [0.1, 0.15) is 0 Å². The lowest BCUT2D eigenvalue weighted by Gasteiger charge is -2.08. The molecule has 4 nitrogen and oxygen atoms in total. The predicted molar refractivity (Wildman–Crippen MR) is 55.0 cm³/mol. The number of alkyl halides is 1. The average molecular weight is 269 g/mol. The highest BCUT2D eigenvalue weighted by atomic mass is 79.9. The van der Waals surface area contributed by atoms with Crippen LogP contribution in [0.1, 0.15) is 19.8 Å². The molecule has 0 rings (SSSR count). The Morgan fingerprint density at radius 1 is 1.62 bits per heavy atom. The predicted octanol–water partition coefficient (Wildman–Crippen LogP) is 0.993. The van der Waals surface area contributed by atoms with E-state index in [0.29, 0.717) is 13.0 Å². The van der Waals surface area contributed by atoms with Crippen molar-refractivity contribution in [3.63, 3.8) is 0 Å². The number of hydrogen-bond donors (Lipinski definition) is 1. The van der Waals surface area contributed by atoms with Crippen molar-refractivity contribution < 1.29 is 8.42 Å². The summed E-state index contributed by atoms with van der Waals surface area (Å²) in [4.78, 5) is 0. The first-order valence-corrected chi connectivity index (χ1v) is 6.69. The minimum Gasteiger partial charge on any atom is -0.214 e. The van der Waals surface area contributed by atoms with Crippen LogP contribution in [0.5, 0.6) is 0 Å². The molecular weight excluding hydrogens is 256 g/mol. The molecule has 0 fully saturated rings. The van der Waals surface area contributed by atoms with Crippen LogP contribution in [0.2, 0.25) is 0 Å². The molecule has 13 heavy (non-hydrogen) atoms. The molecule has 76 valence electrons. The molecule has 0 aliphatic carbocycles. The molecule has 0 aliphatic heterocycles. The fraction of sp³-hybridized carbons (Fsp3) is 0.857. The Bertz CT molecular complexity index is 271. The Labute approximate surface area is 87.5 Å². The molecule has 6 heteroatoms. The van der Waals surface area contributed by atoms with E-state index < -0.39 is 15.3 Å². The summed E-state index contributed by atoms with van der Waals surface area (Å²) in [5.74, 6) is 0. The molecule has 0 aromatic heterocycles. The third-order valence-corrected chi connectivity index (χ3v) is 3.86. The third-order valence-electron chi connectivity index (χ3n) is 1.50. The van der Waals surface area contributed by atoms with Crippen molar-refractivity contribution >= 4 is 26.0 Å². The molecule has 0 bridgehead atoms. The van der Waals surface area contributed by atoms with Crippen LogP contribution in [0.3, 0.4) is 0 Å². The van der Waals surface area contributed by atoms with Crippen LogP contribution in [0.25, 0.3) is 0 Å². The highest BCUT2D eigenvalue weighted by molar-refractivity contribution is 9.09. The fourth-order valence-corrected chi connectivity index (χ4v) is 2.25. The lowest BCUT2D eigenvalue weighted by Crippen LogP contribution is -2.33. The number of halogens is 1. The Kier molecular flexibility index (Phi) is 6.29. The molecule has 0 amide bonds. The van der Waals surface area contributed by atoms with Gasteiger partial charge < -0.3 is 0 Å². The van der Waals surface area contributed by atoms with Crippen LogP contribution in [0.4, 0.5) is 0 Å². The van der Waals surface area contributed by atoms with Gasteiger partial charge in [-0.1, -0.05) is 22.9 Å². The second kappa shape index (κ2) is 6.35. The summed E-state index contributed by atoms with van der Waals surface area (Å²) >= 11 is 3.19. The van der Waals surface area contributed by atoms with Gasteiger partial charge in [0.25, 0.3) is 0 Å². The molecular formula is C7H13BrN2O2S. The summed E-state index contributed by atoms with van der Waals surface area (Å²) in [6.45, 7) is 2.06. The SMILES string of the molecule is CCC(C#N)S(=O)(=O)NCCCBr. The fourth-order valence-electron chi connectivity index (χ4n) is 0.762. The minimum absolute atomic E-state index is 0.320. The molecule has 0 aliphatic rings. The highest BCUT2D eigenvalue weighted by Gasteiger charge is 2.21. The van der Waals surface area contributed by atoms with Gasteiger partial charge in [0.05, 0.1) is 6.07 Å². The maximum Gasteiger partial charge on any atom is 0.227 e. The Balaban J connectivity index is 4.16. The van der Waals surface area contributed by atoms with Gasteiger partial charge in [-0.3, -0.25) is 0 Å². The van der Waals surface area contributed by atoms with Crippen LogP contribution < -0.4 is 4.72 Å². The van der Waals surface area contributed by atoms with Gasteiger partial charge in [0, 0.05) is 11.9 Å². The maximum atomic E-state index is 11.3. The molecule has 1 unspecified atom stereocenters. The first kappa shape index (κ1) is 12.9. The quantitative estimate of drug-likeness (QED) is 0.577. The number of nitrogens with zero attached hydrogens (tertiary/aromatic N) is 1. The normalized spacial score (nSPS) is 13.6. The molecule has 0 aromatic carbocycles. The monoisotopic (exact) mass is 268 g/mol. The largest absolute Gasteiger partial charge is 0.227 e. The van der Waals surface area contributed by atoms with Crippen molar-refractivity contribution in [1.82, 2.24) is 4.72 Å². The second-order valence-electron chi connectivity index (χ2n) is 2.51. The first-order chi connectivity index (χ1) is 6.08. The van der Waals surface area contributed by atoms with E-state index in [1.54, 1.807) is 13.0 Å². The Morgan fingerprint density at radius 3 is 2.62 bits per heavy atom. The van der Waals surface area contributed by atoms with Crippen molar-refractivity contribution in [2.45, 2.75) is 25.0 Å². The number of sulfonamides is 1. The van der Waals surface area contributed by atoms with Crippen molar-refractivity contribution in [1.29, 1.82) is 5.26 Å². The van der Waals surface area contributed by atoms with E-state index >= 15 is 0 Å². The van der Waals surface area contributed by atoms with Crippen molar-refractivity contribution in [2.24, 2.45) is 0 Å². The number of nitriles is 1. The summed E-state index contributed by atoms with van der Waals surface area (Å²) in [7, 11) is -3.43. The lowest BCUT2D eigenvalue weighted by molar-refractivity contribution is 0.572. The maximum absolute atomic E-state index is 11.3. The Morgan fingerprint density at radius 2 is 2.23 bits per heavy atom. The van der Waals surface area contributed by atoms with Gasteiger partial charge in [-0.25, -0.2) is 13.1 Å². The van der Waals surface area contributed by atoms with Crippen LogP contribution in [0.15, 0.2) is 0 Å². The third kappa shape index (κ3) is 4.60. The number of rotatable bonds is 6. The molecule has 0 radical (unpaired) electrons. The van der Waals surface area contributed by atoms with E-state index in [1.165, 1.54) is 0 Å².